The van der Waals surface area contributed by atoms with Gasteiger partial charge in [0.2, 0.25) is 10.0 Å². The van der Waals surface area contributed by atoms with Gasteiger partial charge in [0.1, 0.15) is 16.7 Å². The van der Waals surface area contributed by atoms with Crippen LogP contribution in [0.3, 0.4) is 0 Å². The Morgan fingerprint density at radius 2 is 1.82 bits per heavy atom. The van der Waals surface area contributed by atoms with E-state index in [1.54, 1.807) is 51.4 Å². The first-order valence-electron chi connectivity index (χ1n) is 11.4. The SMILES string of the molecule is C[C@@H]1CN([C@H](C)CO)S(=O)(=O)c2ccc(-c3cccc(C(=O)N(C)C)c3)cc2O[C@@H]1CN(C)C. The van der Waals surface area contributed by atoms with Crippen LogP contribution in [0.25, 0.3) is 11.1 Å². The van der Waals surface area contributed by atoms with Crippen LogP contribution >= 0.6 is 0 Å². The van der Waals surface area contributed by atoms with Crippen molar-refractivity contribution in [2.24, 2.45) is 5.92 Å². The lowest BCUT2D eigenvalue weighted by Gasteiger charge is -2.37. The van der Waals surface area contributed by atoms with Gasteiger partial charge in [0.15, 0.2) is 0 Å². The summed E-state index contributed by atoms with van der Waals surface area (Å²) in [6, 6.07) is 11.7. The first-order valence-corrected chi connectivity index (χ1v) is 12.8. The number of rotatable bonds is 6. The van der Waals surface area contributed by atoms with E-state index in [0.29, 0.717) is 12.1 Å². The second kappa shape index (κ2) is 10.4. The highest BCUT2D eigenvalue weighted by Gasteiger charge is 2.38. The molecular weight excluding hydrogens is 454 g/mol. The Labute approximate surface area is 202 Å². The van der Waals surface area contributed by atoms with Crippen molar-refractivity contribution in [1.29, 1.82) is 0 Å². The Morgan fingerprint density at radius 3 is 2.44 bits per heavy atom. The Kier molecular flexibility index (Phi) is 8.02. The van der Waals surface area contributed by atoms with Crippen LogP contribution in [-0.2, 0) is 10.0 Å². The molecule has 0 aliphatic carbocycles. The van der Waals surface area contributed by atoms with E-state index in [-0.39, 0.29) is 41.7 Å². The van der Waals surface area contributed by atoms with E-state index in [0.717, 1.165) is 11.1 Å². The van der Waals surface area contributed by atoms with Gasteiger partial charge in [-0.05, 0) is 56.4 Å². The third kappa shape index (κ3) is 5.43. The number of benzene rings is 2. The number of carbonyl (C=O) groups excluding carboxylic acids is 1. The average Bonchev–Trinajstić information content (AvgIpc) is 2.79. The molecule has 0 spiro atoms. The fourth-order valence-corrected chi connectivity index (χ4v) is 5.90. The van der Waals surface area contributed by atoms with E-state index >= 15 is 0 Å². The molecule has 1 amide bonds. The molecule has 0 radical (unpaired) electrons. The number of fused-ring (bicyclic) bond motifs is 1. The van der Waals surface area contributed by atoms with Gasteiger partial charge in [-0.3, -0.25) is 4.79 Å². The van der Waals surface area contributed by atoms with Crippen molar-refractivity contribution >= 4 is 15.9 Å². The van der Waals surface area contributed by atoms with Crippen LogP contribution in [0, 0.1) is 5.92 Å². The number of carbonyl (C=O) groups is 1. The molecule has 8 nitrogen and oxygen atoms in total. The zero-order chi connectivity index (χ0) is 25.2. The van der Waals surface area contributed by atoms with Crippen molar-refractivity contribution in [3.63, 3.8) is 0 Å². The normalized spacial score (nSPS) is 21.2. The minimum atomic E-state index is -3.90. The molecule has 2 aromatic carbocycles. The Bertz CT molecular complexity index is 1130. The molecule has 0 fully saturated rings. The highest BCUT2D eigenvalue weighted by Crippen LogP contribution is 2.36. The summed E-state index contributed by atoms with van der Waals surface area (Å²) in [6.45, 7) is 4.25. The molecule has 0 saturated carbocycles. The van der Waals surface area contributed by atoms with Gasteiger partial charge in [-0.2, -0.15) is 4.31 Å². The van der Waals surface area contributed by atoms with Gasteiger partial charge in [0, 0.05) is 44.7 Å². The van der Waals surface area contributed by atoms with Crippen LogP contribution in [0.2, 0.25) is 0 Å². The predicted octanol–water partition coefficient (Wildman–Crippen LogP) is 2.39. The summed E-state index contributed by atoms with van der Waals surface area (Å²) >= 11 is 0. The standard InChI is InChI=1S/C25H35N3O5S/c1-17-14-28(18(2)16-29)34(31,32)24-11-10-20(13-22(24)33-23(17)15-26(3)4)19-8-7-9-21(12-19)25(30)27(5)6/h7-13,17-18,23,29H,14-16H2,1-6H3/t17-,18-,23-/m1/s1. The van der Waals surface area contributed by atoms with Gasteiger partial charge >= 0.3 is 0 Å². The highest BCUT2D eigenvalue weighted by molar-refractivity contribution is 7.89. The topological polar surface area (TPSA) is 90.4 Å². The highest BCUT2D eigenvalue weighted by atomic mass is 32.2. The third-order valence-electron chi connectivity index (χ3n) is 6.06. The first-order chi connectivity index (χ1) is 15.9. The average molecular weight is 490 g/mol. The maximum atomic E-state index is 13.6. The zero-order valence-corrected chi connectivity index (χ0v) is 21.5. The van der Waals surface area contributed by atoms with Crippen LogP contribution in [0.15, 0.2) is 47.4 Å². The maximum Gasteiger partial charge on any atom is 0.253 e. The Hall–Kier alpha value is -2.46. The summed E-state index contributed by atoms with van der Waals surface area (Å²) in [5.74, 6) is 0.0554. The summed E-state index contributed by atoms with van der Waals surface area (Å²) in [5.41, 5.74) is 2.09. The van der Waals surface area contributed by atoms with Crippen molar-refractivity contribution in [2.75, 3.05) is 47.9 Å². The second-order valence-electron chi connectivity index (χ2n) is 9.44. The molecule has 3 atom stereocenters. The van der Waals surface area contributed by atoms with Crippen molar-refractivity contribution in [3.05, 3.63) is 48.0 Å². The molecule has 1 heterocycles. The van der Waals surface area contributed by atoms with Crippen molar-refractivity contribution in [3.8, 4) is 16.9 Å². The van der Waals surface area contributed by atoms with E-state index in [9.17, 15) is 18.3 Å². The van der Waals surface area contributed by atoms with Crippen LogP contribution in [0.5, 0.6) is 5.75 Å². The molecule has 0 bridgehead atoms. The largest absolute Gasteiger partial charge is 0.487 e. The summed E-state index contributed by atoms with van der Waals surface area (Å²) in [7, 11) is 3.40. The van der Waals surface area contributed by atoms with Crippen molar-refractivity contribution < 1.29 is 23.1 Å². The molecule has 34 heavy (non-hydrogen) atoms. The Morgan fingerprint density at radius 1 is 1.15 bits per heavy atom. The molecule has 0 aromatic heterocycles. The number of hydrogen-bond acceptors (Lipinski definition) is 6. The molecular formula is C25H35N3O5S. The summed E-state index contributed by atoms with van der Waals surface area (Å²) in [5, 5.41) is 9.75. The smallest absolute Gasteiger partial charge is 0.253 e. The number of nitrogens with zero attached hydrogens (tertiary/aromatic N) is 3. The first kappa shape index (κ1) is 26.2. The third-order valence-corrected chi connectivity index (χ3v) is 8.08. The number of hydrogen-bond donors (Lipinski definition) is 1. The van der Waals surface area contributed by atoms with Gasteiger partial charge in [0.25, 0.3) is 5.91 Å². The number of likely N-dealkylation sites (N-methyl/N-ethyl adjacent to an activating group) is 1. The minimum absolute atomic E-state index is 0.0766. The number of ether oxygens (including phenoxy) is 1. The van der Waals surface area contributed by atoms with Crippen molar-refractivity contribution in [2.45, 2.75) is 30.9 Å². The predicted molar refractivity (Wildman–Crippen MR) is 132 cm³/mol. The van der Waals surface area contributed by atoms with Crippen LogP contribution in [-0.4, -0.2) is 93.6 Å². The lowest BCUT2D eigenvalue weighted by atomic mass is 10.0. The fraction of sp³-hybridized carbons (Fsp3) is 0.480. The molecule has 2 aromatic rings. The van der Waals surface area contributed by atoms with Crippen LogP contribution in [0.1, 0.15) is 24.2 Å². The number of amides is 1. The maximum absolute atomic E-state index is 13.6. The molecule has 0 unspecified atom stereocenters. The van der Waals surface area contributed by atoms with Crippen LogP contribution in [0.4, 0.5) is 0 Å². The molecule has 186 valence electrons. The molecule has 0 saturated heterocycles. The monoisotopic (exact) mass is 489 g/mol. The summed E-state index contributed by atoms with van der Waals surface area (Å²) in [6.07, 6.45) is -0.255. The number of aliphatic hydroxyl groups excluding tert-OH is 1. The van der Waals surface area contributed by atoms with Crippen LogP contribution < -0.4 is 4.74 Å². The quantitative estimate of drug-likeness (QED) is 0.670. The van der Waals surface area contributed by atoms with Gasteiger partial charge in [-0.1, -0.05) is 25.1 Å². The van der Waals surface area contributed by atoms with Crippen molar-refractivity contribution in [1.82, 2.24) is 14.1 Å². The minimum Gasteiger partial charge on any atom is -0.487 e. The fourth-order valence-electron chi connectivity index (χ4n) is 4.07. The van der Waals surface area contributed by atoms with E-state index in [4.69, 9.17) is 4.74 Å². The van der Waals surface area contributed by atoms with Gasteiger partial charge in [-0.15, -0.1) is 0 Å². The Balaban J connectivity index is 2.14. The second-order valence-corrected chi connectivity index (χ2v) is 11.3. The molecule has 3 rings (SSSR count). The van der Waals surface area contributed by atoms with E-state index < -0.39 is 16.1 Å². The number of aliphatic hydroxyl groups is 1. The molecule has 9 heteroatoms. The number of sulfonamides is 1. The van der Waals surface area contributed by atoms with Gasteiger partial charge in [-0.25, -0.2) is 8.42 Å². The summed E-state index contributed by atoms with van der Waals surface area (Å²) in [4.78, 5) is 16.0. The van der Waals surface area contributed by atoms with Gasteiger partial charge in [0.05, 0.1) is 6.61 Å². The van der Waals surface area contributed by atoms with E-state index in [2.05, 4.69) is 0 Å². The molecule has 1 aliphatic heterocycles. The van der Waals surface area contributed by atoms with Gasteiger partial charge < -0.3 is 19.6 Å². The molecule has 1 N–H and O–H groups in total. The molecule has 1 aliphatic rings. The van der Waals surface area contributed by atoms with E-state index in [1.807, 2.05) is 38.1 Å². The zero-order valence-electron chi connectivity index (χ0n) is 20.7. The van der Waals surface area contributed by atoms with E-state index in [1.165, 1.54) is 9.21 Å². The lowest BCUT2D eigenvalue weighted by molar-refractivity contribution is 0.0812. The lowest BCUT2D eigenvalue weighted by Crippen LogP contribution is -2.49. The summed E-state index contributed by atoms with van der Waals surface area (Å²) < 4.78 is 34.9.